The van der Waals surface area contributed by atoms with Gasteiger partial charge in [0.05, 0.1) is 6.54 Å². The van der Waals surface area contributed by atoms with Gasteiger partial charge in [-0.25, -0.2) is 0 Å². The number of nitrogens with one attached hydrogen (secondary N) is 1. The third-order valence-electron chi connectivity index (χ3n) is 3.32. The monoisotopic (exact) mass is 241 g/mol. The molecule has 0 saturated carbocycles. The van der Waals surface area contributed by atoms with Gasteiger partial charge < -0.3 is 11.1 Å². The lowest BCUT2D eigenvalue weighted by Crippen LogP contribution is -2.41. The Morgan fingerprint density at radius 1 is 1.53 bits per heavy atom. The first-order valence-corrected chi connectivity index (χ1v) is 6.89. The number of nitrogens with two attached hydrogens (primary N) is 1. The first-order chi connectivity index (χ1) is 8.11. The third-order valence-corrected chi connectivity index (χ3v) is 3.32. The van der Waals surface area contributed by atoms with E-state index in [9.17, 15) is 4.79 Å². The second-order valence-electron chi connectivity index (χ2n) is 5.25. The molecule has 100 valence electrons. The Hall–Kier alpha value is -0.610. The molecule has 0 spiro atoms. The number of hydrogen-bond donors (Lipinski definition) is 2. The summed E-state index contributed by atoms with van der Waals surface area (Å²) < 4.78 is 0. The maximum atomic E-state index is 11.8. The Labute approximate surface area is 105 Å². The summed E-state index contributed by atoms with van der Waals surface area (Å²) in [6.07, 6.45) is 5.78. The van der Waals surface area contributed by atoms with E-state index in [1.165, 1.54) is 19.3 Å². The van der Waals surface area contributed by atoms with E-state index >= 15 is 0 Å². The van der Waals surface area contributed by atoms with E-state index in [0.717, 1.165) is 25.9 Å². The van der Waals surface area contributed by atoms with Crippen molar-refractivity contribution in [2.24, 2.45) is 5.73 Å². The lowest BCUT2D eigenvalue weighted by molar-refractivity contribution is -0.122. The maximum Gasteiger partial charge on any atom is 0.234 e. The summed E-state index contributed by atoms with van der Waals surface area (Å²) >= 11 is 0. The summed E-state index contributed by atoms with van der Waals surface area (Å²) in [7, 11) is 0. The highest BCUT2D eigenvalue weighted by atomic mass is 16.2. The highest BCUT2D eigenvalue weighted by molar-refractivity contribution is 5.78. The van der Waals surface area contributed by atoms with Crippen molar-refractivity contribution in [3.63, 3.8) is 0 Å². The van der Waals surface area contributed by atoms with Gasteiger partial charge in [0.15, 0.2) is 0 Å². The molecule has 1 amide bonds. The molecule has 17 heavy (non-hydrogen) atoms. The van der Waals surface area contributed by atoms with Gasteiger partial charge >= 0.3 is 0 Å². The van der Waals surface area contributed by atoms with Gasteiger partial charge in [0, 0.05) is 25.2 Å². The molecule has 0 aromatic heterocycles. The van der Waals surface area contributed by atoms with Crippen molar-refractivity contribution in [1.29, 1.82) is 0 Å². The second-order valence-corrected chi connectivity index (χ2v) is 5.25. The van der Waals surface area contributed by atoms with Gasteiger partial charge in [-0.3, -0.25) is 9.69 Å². The number of amides is 1. The molecule has 1 heterocycles. The number of nitrogens with zero attached hydrogens (tertiary/aromatic N) is 1. The minimum absolute atomic E-state index is 0.142. The van der Waals surface area contributed by atoms with Crippen molar-refractivity contribution in [3.8, 4) is 0 Å². The number of hydrogen-bond acceptors (Lipinski definition) is 3. The summed E-state index contributed by atoms with van der Waals surface area (Å²) in [5.74, 6) is 0.142. The minimum atomic E-state index is 0.142. The molecule has 3 N–H and O–H groups in total. The van der Waals surface area contributed by atoms with Gasteiger partial charge in [-0.15, -0.1) is 0 Å². The van der Waals surface area contributed by atoms with Crippen LogP contribution in [-0.2, 0) is 4.79 Å². The van der Waals surface area contributed by atoms with E-state index in [0.29, 0.717) is 12.6 Å². The van der Waals surface area contributed by atoms with E-state index in [1.807, 2.05) is 0 Å². The van der Waals surface area contributed by atoms with E-state index in [-0.39, 0.29) is 11.9 Å². The van der Waals surface area contributed by atoms with Crippen LogP contribution in [0.1, 0.15) is 46.0 Å². The summed E-state index contributed by atoms with van der Waals surface area (Å²) in [5, 5.41) is 3.06. The smallest absolute Gasteiger partial charge is 0.234 e. The summed E-state index contributed by atoms with van der Waals surface area (Å²) in [5.41, 5.74) is 5.81. The zero-order chi connectivity index (χ0) is 12.7. The molecule has 1 saturated heterocycles. The highest BCUT2D eigenvalue weighted by Gasteiger charge is 2.21. The van der Waals surface area contributed by atoms with Crippen molar-refractivity contribution < 1.29 is 4.79 Å². The zero-order valence-corrected chi connectivity index (χ0v) is 11.2. The van der Waals surface area contributed by atoms with Gasteiger partial charge in [-0.2, -0.15) is 0 Å². The SMILES string of the molecule is CCCCCC(C)NC(=O)CN1CCC(N)C1. The molecule has 0 aromatic rings. The number of rotatable bonds is 7. The van der Waals surface area contributed by atoms with Gasteiger partial charge in [0.25, 0.3) is 0 Å². The summed E-state index contributed by atoms with van der Waals surface area (Å²) in [6, 6.07) is 0.551. The van der Waals surface area contributed by atoms with Crippen molar-refractivity contribution in [2.45, 2.75) is 58.0 Å². The molecule has 0 radical (unpaired) electrons. The number of carbonyl (C=O) groups excluding carboxylic acids is 1. The quantitative estimate of drug-likeness (QED) is 0.656. The fourth-order valence-corrected chi connectivity index (χ4v) is 2.30. The number of carbonyl (C=O) groups is 1. The predicted octanol–water partition coefficient (Wildman–Crippen LogP) is 1.10. The Kier molecular flexibility index (Phi) is 6.52. The topological polar surface area (TPSA) is 58.4 Å². The van der Waals surface area contributed by atoms with Crippen LogP contribution < -0.4 is 11.1 Å². The first kappa shape index (κ1) is 14.5. The minimum Gasteiger partial charge on any atom is -0.353 e. The average Bonchev–Trinajstić information content (AvgIpc) is 2.64. The maximum absolute atomic E-state index is 11.8. The van der Waals surface area contributed by atoms with E-state index in [4.69, 9.17) is 5.73 Å². The molecular weight excluding hydrogens is 214 g/mol. The molecule has 4 heteroatoms. The molecule has 1 rings (SSSR count). The van der Waals surface area contributed by atoms with E-state index in [2.05, 4.69) is 24.1 Å². The second kappa shape index (κ2) is 7.67. The van der Waals surface area contributed by atoms with Crippen LogP contribution in [-0.4, -0.2) is 42.5 Å². The molecule has 2 atom stereocenters. The Morgan fingerprint density at radius 2 is 2.29 bits per heavy atom. The first-order valence-electron chi connectivity index (χ1n) is 6.89. The molecule has 0 aliphatic carbocycles. The molecule has 4 nitrogen and oxygen atoms in total. The average molecular weight is 241 g/mol. The van der Waals surface area contributed by atoms with Gasteiger partial charge in [0.2, 0.25) is 5.91 Å². The normalized spacial score (nSPS) is 22.6. The van der Waals surface area contributed by atoms with Crippen LogP contribution >= 0.6 is 0 Å². The van der Waals surface area contributed by atoms with Gasteiger partial charge in [-0.05, 0) is 19.8 Å². The zero-order valence-electron chi connectivity index (χ0n) is 11.2. The molecule has 0 bridgehead atoms. The van der Waals surface area contributed by atoms with Crippen LogP contribution in [0.5, 0.6) is 0 Å². The molecule has 1 aliphatic rings. The lowest BCUT2D eigenvalue weighted by Gasteiger charge is -2.18. The van der Waals surface area contributed by atoms with Gasteiger partial charge in [0.1, 0.15) is 0 Å². The summed E-state index contributed by atoms with van der Waals surface area (Å²) in [6.45, 7) is 6.60. The molecule has 1 fully saturated rings. The van der Waals surface area contributed by atoms with Gasteiger partial charge in [-0.1, -0.05) is 26.2 Å². The van der Waals surface area contributed by atoms with Crippen LogP contribution in [0.4, 0.5) is 0 Å². The van der Waals surface area contributed by atoms with Crippen LogP contribution in [0, 0.1) is 0 Å². The predicted molar refractivity (Wildman–Crippen MR) is 70.8 cm³/mol. The molecule has 0 aromatic carbocycles. The number of likely N-dealkylation sites (tertiary alicyclic amines) is 1. The van der Waals surface area contributed by atoms with Crippen molar-refractivity contribution in [1.82, 2.24) is 10.2 Å². The van der Waals surface area contributed by atoms with Crippen LogP contribution in [0.25, 0.3) is 0 Å². The Balaban J connectivity index is 2.11. The fraction of sp³-hybridized carbons (Fsp3) is 0.923. The van der Waals surface area contributed by atoms with Crippen LogP contribution in [0.3, 0.4) is 0 Å². The molecule has 1 aliphatic heterocycles. The standard InChI is InChI=1S/C13H27N3O/c1-3-4-5-6-11(2)15-13(17)10-16-8-7-12(14)9-16/h11-12H,3-10,14H2,1-2H3,(H,15,17). The third kappa shape index (κ3) is 6.03. The molecule has 2 unspecified atom stereocenters. The number of unbranched alkanes of at least 4 members (excludes halogenated alkanes) is 2. The Bertz CT molecular complexity index is 233. The lowest BCUT2D eigenvalue weighted by atomic mass is 10.1. The summed E-state index contributed by atoms with van der Waals surface area (Å²) in [4.78, 5) is 13.9. The van der Waals surface area contributed by atoms with Crippen LogP contribution in [0.2, 0.25) is 0 Å². The largest absolute Gasteiger partial charge is 0.353 e. The van der Waals surface area contributed by atoms with E-state index in [1.54, 1.807) is 0 Å². The Morgan fingerprint density at radius 3 is 2.88 bits per heavy atom. The van der Waals surface area contributed by atoms with Crippen molar-refractivity contribution in [3.05, 3.63) is 0 Å². The fourth-order valence-electron chi connectivity index (χ4n) is 2.30. The van der Waals surface area contributed by atoms with Crippen molar-refractivity contribution in [2.75, 3.05) is 19.6 Å². The van der Waals surface area contributed by atoms with Crippen molar-refractivity contribution >= 4 is 5.91 Å². The van der Waals surface area contributed by atoms with Crippen LogP contribution in [0.15, 0.2) is 0 Å². The molecular formula is C13H27N3O. The van der Waals surface area contributed by atoms with E-state index < -0.39 is 0 Å². The highest BCUT2D eigenvalue weighted by Crippen LogP contribution is 2.06.